The molecule has 0 atom stereocenters. The maximum atomic E-state index is 12.8. The fourth-order valence-electron chi connectivity index (χ4n) is 2.78. The second-order valence-corrected chi connectivity index (χ2v) is 8.37. The average Bonchev–Trinajstić information content (AvgIpc) is 2.94. The number of halogens is 2. The zero-order chi connectivity index (χ0) is 21.0. The minimum absolute atomic E-state index is 0.205. The van der Waals surface area contributed by atoms with E-state index in [-0.39, 0.29) is 17.7 Å². The van der Waals surface area contributed by atoms with Crippen LogP contribution in [0.15, 0.2) is 45.8 Å². The van der Waals surface area contributed by atoms with Crippen molar-refractivity contribution in [1.82, 2.24) is 4.90 Å². The number of rotatable bonds is 7. The van der Waals surface area contributed by atoms with E-state index < -0.39 is 0 Å². The van der Waals surface area contributed by atoms with Gasteiger partial charge in [0.15, 0.2) is 11.5 Å². The largest absolute Gasteiger partial charge is 0.490 e. The van der Waals surface area contributed by atoms with Gasteiger partial charge in [0.1, 0.15) is 0 Å². The Bertz CT molecular complexity index is 962. The van der Waals surface area contributed by atoms with Crippen LogP contribution in [0.25, 0.3) is 6.08 Å². The molecular formula is C21H19BrClNO4S. The second-order valence-electron chi connectivity index (χ2n) is 6.09. The van der Waals surface area contributed by atoms with E-state index in [1.807, 2.05) is 19.9 Å². The van der Waals surface area contributed by atoms with Gasteiger partial charge in [-0.3, -0.25) is 14.5 Å². The third kappa shape index (κ3) is 5.15. The number of carbonyl (C=O) groups excluding carboxylic acids is 2. The van der Waals surface area contributed by atoms with E-state index in [4.69, 9.17) is 21.1 Å². The minimum Gasteiger partial charge on any atom is -0.490 e. The van der Waals surface area contributed by atoms with Crippen LogP contribution in [0.5, 0.6) is 11.5 Å². The van der Waals surface area contributed by atoms with Crippen LogP contribution in [0.4, 0.5) is 4.79 Å². The molecule has 2 aromatic carbocycles. The van der Waals surface area contributed by atoms with Crippen LogP contribution < -0.4 is 9.47 Å². The summed E-state index contributed by atoms with van der Waals surface area (Å²) >= 11 is 10.3. The fraction of sp³-hybridized carbons (Fsp3) is 0.238. The average molecular weight is 497 g/mol. The van der Waals surface area contributed by atoms with Crippen molar-refractivity contribution in [3.8, 4) is 11.5 Å². The maximum absolute atomic E-state index is 12.8. The molecule has 0 N–H and O–H groups in total. The summed E-state index contributed by atoms with van der Waals surface area (Å²) in [5, 5.41) is 0.306. The molecule has 1 fully saturated rings. The number of hydrogen-bond acceptors (Lipinski definition) is 5. The van der Waals surface area contributed by atoms with Gasteiger partial charge in [-0.05, 0) is 83.0 Å². The van der Waals surface area contributed by atoms with Crippen LogP contribution in [0.1, 0.15) is 25.0 Å². The Morgan fingerprint density at radius 1 is 1.10 bits per heavy atom. The van der Waals surface area contributed by atoms with E-state index in [9.17, 15) is 9.59 Å². The van der Waals surface area contributed by atoms with Gasteiger partial charge in [0, 0.05) is 5.02 Å². The summed E-state index contributed by atoms with van der Waals surface area (Å²) in [6.07, 6.45) is 1.69. The molecule has 29 heavy (non-hydrogen) atoms. The molecule has 2 aromatic rings. The summed E-state index contributed by atoms with van der Waals surface area (Å²) in [7, 11) is 0. The predicted octanol–water partition coefficient (Wildman–Crippen LogP) is 6.14. The van der Waals surface area contributed by atoms with E-state index in [2.05, 4.69) is 15.9 Å². The Labute approximate surface area is 187 Å². The van der Waals surface area contributed by atoms with Crippen LogP contribution in [-0.4, -0.2) is 29.3 Å². The minimum atomic E-state index is -0.321. The van der Waals surface area contributed by atoms with Gasteiger partial charge in [-0.25, -0.2) is 0 Å². The van der Waals surface area contributed by atoms with E-state index in [1.54, 1.807) is 36.4 Å². The van der Waals surface area contributed by atoms with Crippen molar-refractivity contribution < 1.29 is 19.1 Å². The molecule has 1 saturated heterocycles. The molecule has 8 heteroatoms. The molecule has 1 aliphatic rings. The molecule has 152 valence electrons. The van der Waals surface area contributed by atoms with Crippen LogP contribution in [0.2, 0.25) is 5.02 Å². The standard InChI is InChI=1S/C21H19BrClNO4S/c1-3-27-17-10-14(9-16(22)19(17)28-4-2)11-18-20(25)24(21(26)29-18)12-13-5-7-15(23)8-6-13/h5-11H,3-4,12H2,1-2H3/b18-11-. The number of nitrogens with zero attached hydrogens (tertiary/aromatic N) is 1. The molecule has 1 heterocycles. The predicted molar refractivity (Wildman–Crippen MR) is 119 cm³/mol. The molecular weight excluding hydrogens is 478 g/mol. The molecule has 0 bridgehead atoms. The van der Waals surface area contributed by atoms with Crippen molar-refractivity contribution in [2.24, 2.45) is 0 Å². The molecule has 3 rings (SSSR count). The van der Waals surface area contributed by atoms with Gasteiger partial charge in [-0.1, -0.05) is 23.7 Å². The smallest absolute Gasteiger partial charge is 0.293 e. The SMILES string of the molecule is CCOc1cc(/C=C2\SC(=O)N(Cc3ccc(Cl)cc3)C2=O)cc(Br)c1OCC. The molecule has 0 aliphatic carbocycles. The highest BCUT2D eigenvalue weighted by atomic mass is 79.9. The van der Waals surface area contributed by atoms with Crippen molar-refractivity contribution in [3.05, 3.63) is 61.9 Å². The van der Waals surface area contributed by atoms with Crippen LogP contribution in [0, 0.1) is 0 Å². The Kier molecular flexibility index (Phi) is 7.27. The first-order valence-corrected chi connectivity index (χ1v) is 11.0. The molecule has 0 unspecified atom stereocenters. The zero-order valence-corrected chi connectivity index (χ0v) is 19.1. The lowest BCUT2D eigenvalue weighted by molar-refractivity contribution is -0.123. The van der Waals surface area contributed by atoms with E-state index in [0.717, 1.165) is 27.4 Å². The highest BCUT2D eigenvalue weighted by Crippen LogP contribution is 2.39. The van der Waals surface area contributed by atoms with Crippen molar-refractivity contribution >= 4 is 56.5 Å². The lowest BCUT2D eigenvalue weighted by atomic mass is 10.1. The summed E-state index contributed by atoms with van der Waals surface area (Å²) in [6.45, 7) is 4.97. The Hall–Kier alpha value is -1.96. The Balaban J connectivity index is 1.86. The van der Waals surface area contributed by atoms with Crippen molar-refractivity contribution in [2.75, 3.05) is 13.2 Å². The van der Waals surface area contributed by atoms with E-state index in [0.29, 0.717) is 34.6 Å². The lowest BCUT2D eigenvalue weighted by Crippen LogP contribution is -2.27. The maximum Gasteiger partial charge on any atom is 0.293 e. The quantitative estimate of drug-likeness (QED) is 0.431. The number of ether oxygens (including phenoxy) is 2. The number of amides is 2. The number of thioether (sulfide) groups is 1. The number of benzene rings is 2. The summed E-state index contributed by atoms with van der Waals surface area (Å²) < 4.78 is 12.0. The highest BCUT2D eigenvalue weighted by molar-refractivity contribution is 9.10. The van der Waals surface area contributed by atoms with Gasteiger partial charge in [0.05, 0.1) is 29.1 Å². The summed E-state index contributed by atoms with van der Waals surface area (Å²) in [5.74, 6) is 0.871. The number of hydrogen-bond donors (Lipinski definition) is 0. The number of carbonyl (C=O) groups is 2. The van der Waals surface area contributed by atoms with Crippen molar-refractivity contribution in [1.29, 1.82) is 0 Å². The third-order valence-corrected chi connectivity index (χ3v) is 5.79. The lowest BCUT2D eigenvalue weighted by Gasteiger charge is -2.14. The van der Waals surface area contributed by atoms with E-state index >= 15 is 0 Å². The van der Waals surface area contributed by atoms with E-state index in [1.165, 1.54) is 4.90 Å². The highest BCUT2D eigenvalue weighted by Gasteiger charge is 2.35. The second kappa shape index (κ2) is 9.69. The first-order chi connectivity index (χ1) is 13.9. The van der Waals surface area contributed by atoms with Crippen LogP contribution >= 0.6 is 39.3 Å². The van der Waals surface area contributed by atoms with Gasteiger partial charge in [0.2, 0.25) is 0 Å². The van der Waals surface area contributed by atoms with Gasteiger partial charge < -0.3 is 9.47 Å². The summed E-state index contributed by atoms with van der Waals surface area (Å²) in [4.78, 5) is 26.8. The van der Waals surface area contributed by atoms with Gasteiger partial charge in [-0.2, -0.15) is 0 Å². The van der Waals surface area contributed by atoms with Crippen molar-refractivity contribution in [2.45, 2.75) is 20.4 Å². The summed E-state index contributed by atoms with van der Waals surface area (Å²) in [6, 6.07) is 10.7. The van der Waals surface area contributed by atoms with Crippen molar-refractivity contribution in [3.63, 3.8) is 0 Å². The first kappa shape index (κ1) is 21.7. The first-order valence-electron chi connectivity index (χ1n) is 9.01. The van der Waals surface area contributed by atoms with Gasteiger partial charge in [-0.15, -0.1) is 0 Å². The molecule has 0 saturated carbocycles. The molecule has 0 radical (unpaired) electrons. The summed E-state index contributed by atoms with van der Waals surface area (Å²) in [5.41, 5.74) is 1.57. The Morgan fingerprint density at radius 2 is 1.79 bits per heavy atom. The Morgan fingerprint density at radius 3 is 2.45 bits per heavy atom. The molecule has 0 spiro atoms. The van der Waals surface area contributed by atoms with Crippen LogP contribution in [0.3, 0.4) is 0 Å². The molecule has 2 amide bonds. The fourth-order valence-corrected chi connectivity index (χ4v) is 4.32. The zero-order valence-electron chi connectivity index (χ0n) is 15.9. The third-order valence-electron chi connectivity index (χ3n) is 4.05. The van der Waals surface area contributed by atoms with Crippen LogP contribution in [-0.2, 0) is 11.3 Å². The molecule has 1 aliphatic heterocycles. The van der Waals surface area contributed by atoms with Gasteiger partial charge >= 0.3 is 0 Å². The monoisotopic (exact) mass is 495 g/mol. The van der Waals surface area contributed by atoms with Gasteiger partial charge in [0.25, 0.3) is 11.1 Å². The molecule has 5 nitrogen and oxygen atoms in total. The molecule has 0 aromatic heterocycles. The topological polar surface area (TPSA) is 55.8 Å². The number of imide groups is 1. The normalized spacial score (nSPS) is 15.3.